The summed E-state index contributed by atoms with van der Waals surface area (Å²) >= 11 is 0. The highest BCUT2D eigenvalue weighted by atomic mass is 14.4. The number of hydrogen-bond acceptors (Lipinski definition) is 0. The molecule has 0 saturated carbocycles. The lowest BCUT2D eigenvalue weighted by Crippen LogP contribution is -2.24. The molecule has 0 bridgehead atoms. The van der Waals surface area contributed by atoms with Crippen molar-refractivity contribution in [2.75, 3.05) is 0 Å². The van der Waals surface area contributed by atoms with Crippen LogP contribution in [0.15, 0.2) is 66.2 Å². The third-order valence-electron chi connectivity index (χ3n) is 3.87. The molecule has 2 aromatic rings. The molecule has 0 aliphatic carbocycles. The summed E-state index contributed by atoms with van der Waals surface area (Å²) < 4.78 is 0. The van der Waals surface area contributed by atoms with Gasteiger partial charge in [-0.3, -0.25) is 0 Å². The second-order valence-electron chi connectivity index (χ2n) is 7.98. The van der Waals surface area contributed by atoms with E-state index in [1.165, 1.54) is 22.3 Å². The zero-order chi connectivity index (χ0) is 16.4. The minimum Gasteiger partial charge on any atom is -0.0622 e. The van der Waals surface area contributed by atoms with Crippen LogP contribution in [0.2, 0.25) is 0 Å². The number of benzene rings is 2. The fourth-order valence-electron chi connectivity index (χ4n) is 3.54. The molecule has 2 rings (SSSR count). The summed E-state index contributed by atoms with van der Waals surface area (Å²) in [7, 11) is 0. The van der Waals surface area contributed by atoms with Crippen molar-refractivity contribution in [3.8, 4) is 0 Å². The molecule has 116 valence electrons. The van der Waals surface area contributed by atoms with Crippen molar-refractivity contribution in [1.29, 1.82) is 0 Å². The lowest BCUT2D eigenvalue weighted by molar-refractivity contribution is 0.365. The largest absolute Gasteiger partial charge is 0.0622 e. The molecule has 0 aliphatic heterocycles. The first kappa shape index (κ1) is 16.5. The molecule has 0 aliphatic rings. The molecule has 0 saturated heterocycles. The minimum absolute atomic E-state index is 0.110. The Morgan fingerprint density at radius 3 is 1.14 bits per heavy atom. The van der Waals surface area contributed by atoms with Gasteiger partial charge in [-0.15, -0.1) is 0 Å². The quantitative estimate of drug-likeness (QED) is 0.586. The normalized spacial score (nSPS) is 12.1. The Labute approximate surface area is 135 Å². The minimum atomic E-state index is 0.110. The first-order chi connectivity index (χ1) is 10.2. The van der Waals surface area contributed by atoms with Crippen molar-refractivity contribution in [2.24, 2.45) is 10.8 Å². The summed E-state index contributed by atoms with van der Waals surface area (Å²) in [5, 5.41) is 0. The first-order valence-electron chi connectivity index (χ1n) is 8.07. The summed E-state index contributed by atoms with van der Waals surface area (Å²) in [5.74, 6) is 0. The molecule has 0 unspecified atom stereocenters. The standard InChI is InChI=1S/C22H28/c1-21(2,3)20(22(4,5)6)19(17-13-9-7-10-14-17)18-15-11-8-12-16-18/h7-16H,1-6H3. The van der Waals surface area contributed by atoms with E-state index in [1.54, 1.807) is 0 Å². The van der Waals surface area contributed by atoms with Crippen LogP contribution in [-0.2, 0) is 0 Å². The van der Waals surface area contributed by atoms with Gasteiger partial charge in [0.25, 0.3) is 0 Å². The van der Waals surface area contributed by atoms with Crippen LogP contribution >= 0.6 is 0 Å². The van der Waals surface area contributed by atoms with E-state index in [0.29, 0.717) is 0 Å². The topological polar surface area (TPSA) is 0 Å². The zero-order valence-corrected chi connectivity index (χ0v) is 14.8. The highest BCUT2D eigenvalue weighted by Gasteiger charge is 2.31. The summed E-state index contributed by atoms with van der Waals surface area (Å²) in [6, 6.07) is 21.6. The third-order valence-corrected chi connectivity index (χ3v) is 3.87. The molecule has 0 spiro atoms. The van der Waals surface area contributed by atoms with Crippen LogP contribution in [0.5, 0.6) is 0 Å². The van der Waals surface area contributed by atoms with E-state index in [9.17, 15) is 0 Å². The maximum atomic E-state index is 2.32. The first-order valence-corrected chi connectivity index (χ1v) is 8.07. The molecule has 2 aromatic carbocycles. The van der Waals surface area contributed by atoms with Gasteiger partial charge in [0.1, 0.15) is 0 Å². The van der Waals surface area contributed by atoms with Crippen LogP contribution in [0.25, 0.3) is 5.57 Å². The zero-order valence-electron chi connectivity index (χ0n) is 14.8. The van der Waals surface area contributed by atoms with Crippen molar-refractivity contribution in [3.05, 3.63) is 77.4 Å². The van der Waals surface area contributed by atoms with Crippen LogP contribution in [0.3, 0.4) is 0 Å². The van der Waals surface area contributed by atoms with E-state index >= 15 is 0 Å². The van der Waals surface area contributed by atoms with Gasteiger partial charge in [0.2, 0.25) is 0 Å². The second-order valence-corrected chi connectivity index (χ2v) is 7.98. The molecule has 0 nitrogen and oxygen atoms in total. The molecule has 22 heavy (non-hydrogen) atoms. The SMILES string of the molecule is CC(C)(C)C(=C(c1ccccc1)c1ccccc1)C(C)(C)C. The van der Waals surface area contributed by atoms with Gasteiger partial charge in [-0.2, -0.15) is 0 Å². The molecule has 0 heterocycles. The van der Waals surface area contributed by atoms with Crippen molar-refractivity contribution >= 4 is 5.57 Å². The number of rotatable bonds is 2. The summed E-state index contributed by atoms with van der Waals surface area (Å²) in [6.45, 7) is 13.9. The molecule has 0 N–H and O–H groups in total. The lowest BCUT2D eigenvalue weighted by Gasteiger charge is -2.37. The van der Waals surface area contributed by atoms with Crippen LogP contribution in [0.4, 0.5) is 0 Å². The average Bonchev–Trinajstić information content (AvgIpc) is 2.44. The van der Waals surface area contributed by atoms with Crippen molar-refractivity contribution < 1.29 is 0 Å². The summed E-state index contributed by atoms with van der Waals surface area (Å²) in [4.78, 5) is 0. The summed E-state index contributed by atoms with van der Waals surface area (Å²) in [6.07, 6.45) is 0. The molecular weight excluding hydrogens is 264 g/mol. The Morgan fingerprint density at radius 1 is 0.545 bits per heavy atom. The maximum Gasteiger partial charge on any atom is -0.0109 e. The van der Waals surface area contributed by atoms with Gasteiger partial charge >= 0.3 is 0 Å². The van der Waals surface area contributed by atoms with Gasteiger partial charge in [-0.1, -0.05) is 108 Å². The predicted octanol–water partition coefficient (Wildman–Crippen LogP) is 6.58. The van der Waals surface area contributed by atoms with Crippen molar-refractivity contribution in [2.45, 2.75) is 41.5 Å². The van der Waals surface area contributed by atoms with E-state index < -0.39 is 0 Å². The number of allylic oxidation sites excluding steroid dienone is 1. The molecular formula is C22H28. The fourth-order valence-corrected chi connectivity index (χ4v) is 3.54. The van der Waals surface area contributed by atoms with E-state index in [2.05, 4.69) is 102 Å². The monoisotopic (exact) mass is 292 g/mol. The molecule has 0 amide bonds. The Morgan fingerprint density at radius 2 is 0.864 bits per heavy atom. The fraction of sp³-hybridized carbons (Fsp3) is 0.364. The molecule has 0 aromatic heterocycles. The molecule has 0 fully saturated rings. The van der Waals surface area contributed by atoms with Gasteiger partial charge in [-0.25, -0.2) is 0 Å². The van der Waals surface area contributed by atoms with Crippen molar-refractivity contribution in [1.82, 2.24) is 0 Å². The average molecular weight is 292 g/mol. The van der Waals surface area contributed by atoms with Gasteiger partial charge in [0.05, 0.1) is 0 Å². The summed E-state index contributed by atoms with van der Waals surface area (Å²) in [5.41, 5.74) is 5.69. The Bertz CT molecular complexity index is 574. The predicted molar refractivity (Wildman–Crippen MR) is 97.8 cm³/mol. The highest BCUT2D eigenvalue weighted by molar-refractivity contribution is 5.83. The van der Waals surface area contributed by atoms with E-state index in [-0.39, 0.29) is 10.8 Å². The van der Waals surface area contributed by atoms with Crippen LogP contribution in [0, 0.1) is 10.8 Å². The molecule has 0 heteroatoms. The van der Waals surface area contributed by atoms with Crippen LogP contribution < -0.4 is 0 Å². The maximum absolute atomic E-state index is 2.32. The number of hydrogen-bond donors (Lipinski definition) is 0. The third kappa shape index (κ3) is 3.68. The smallest absolute Gasteiger partial charge is 0.0109 e. The van der Waals surface area contributed by atoms with Crippen LogP contribution in [0.1, 0.15) is 52.7 Å². The van der Waals surface area contributed by atoms with E-state index in [0.717, 1.165) is 0 Å². The van der Waals surface area contributed by atoms with Gasteiger partial charge in [-0.05, 0) is 27.5 Å². The lowest BCUT2D eigenvalue weighted by atomic mass is 9.67. The Kier molecular flexibility index (Phi) is 4.60. The van der Waals surface area contributed by atoms with Crippen LogP contribution in [-0.4, -0.2) is 0 Å². The second kappa shape index (κ2) is 6.12. The van der Waals surface area contributed by atoms with E-state index in [1.807, 2.05) is 0 Å². The molecule has 0 radical (unpaired) electrons. The van der Waals surface area contributed by atoms with E-state index in [4.69, 9.17) is 0 Å². The van der Waals surface area contributed by atoms with Crippen molar-refractivity contribution in [3.63, 3.8) is 0 Å². The Hall–Kier alpha value is -1.82. The molecule has 0 atom stereocenters. The van der Waals surface area contributed by atoms with Gasteiger partial charge in [0.15, 0.2) is 0 Å². The Balaban J connectivity index is 2.85. The van der Waals surface area contributed by atoms with Gasteiger partial charge in [0, 0.05) is 0 Å². The highest BCUT2D eigenvalue weighted by Crippen LogP contribution is 2.46. The van der Waals surface area contributed by atoms with Gasteiger partial charge < -0.3 is 0 Å².